The molecule has 2 rings (SSSR count). The maximum Gasteiger partial charge on any atom is 0.356 e. The van der Waals surface area contributed by atoms with E-state index in [1.165, 1.54) is 36.7 Å². The van der Waals surface area contributed by atoms with Crippen LogP contribution in [0.25, 0.3) is 0 Å². The first-order valence-electron chi connectivity index (χ1n) is 5.19. The summed E-state index contributed by atoms with van der Waals surface area (Å²) in [5, 5.41) is 11.7. The van der Waals surface area contributed by atoms with Gasteiger partial charge in [0.2, 0.25) is 0 Å². The Hall–Kier alpha value is -2.47. The largest absolute Gasteiger partial charge is 0.476 e. The minimum Gasteiger partial charge on any atom is -0.476 e. The molecule has 0 saturated heterocycles. The molecule has 2 heterocycles. The Morgan fingerprint density at radius 2 is 2.00 bits per heavy atom. The van der Waals surface area contributed by atoms with Crippen LogP contribution in [0.3, 0.4) is 0 Å². The lowest BCUT2D eigenvalue weighted by atomic mass is 10.2. The van der Waals surface area contributed by atoms with Crippen LogP contribution in [-0.4, -0.2) is 27.0 Å². The fourth-order valence-electron chi connectivity index (χ4n) is 1.39. The molecule has 0 aliphatic carbocycles. The Bertz CT molecular complexity index is 646. The molecule has 2 N–H and O–H groups in total. The first-order chi connectivity index (χ1) is 9.08. The van der Waals surface area contributed by atoms with Crippen molar-refractivity contribution in [1.82, 2.24) is 9.97 Å². The van der Waals surface area contributed by atoms with Gasteiger partial charge in [0, 0.05) is 17.4 Å². The van der Waals surface area contributed by atoms with E-state index >= 15 is 0 Å². The topological polar surface area (TPSA) is 92.2 Å². The standard InChI is InChI=1S/C12H8ClN3O3/c13-7-3-5-14-9(6-7)11(17)16-8-2-1-4-15-10(8)12(18)19/h1-6H,(H,16,17)(H,18,19). The number of hydrogen-bond acceptors (Lipinski definition) is 4. The molecule has 0 atom stereocenters. The average molecular weight is 278 g/mol. The molecule has 0 bridgehead atoms. The second-order valence-corrected chi connectivity index (χ2v) is 3.95. The Morgan fingerprint density at radius 1 is 1.21 bits per heavy atom. The lowest BCUT2D eigenvalue weighted by Gasteiger charge is -2.06. The minimum atomic E-state index is -1.23. The van der Waals surface area contributed by atoms with Gasteiger partial charge in [-0.05, 0) is 24.3 Å². The predicted octanol–water partition coefficient (Wildman–Crippen LogP) is 2.08. The maximum absolute atomic E-state index is 11.9. The van der Waals surface area contributed by atoms with E-state index in [9.17, 15) is 9.59 Å². The summed E-state index contributed by atoms with van der Waals surface area (Å²) < 4.78 is 0. The van der Waals surface area contributed by atoms with Crippen molar-refractivity contribution in [2.45, 2.75) is 0 Å². The summed E-state index contributed by atoms with van der Waals surface area (Å²) in [6.45, 7) is 0. The Morgan fingerprint density at radius 3 is 2.68 bits per heavy atom. The number of nitrogens with zero attached hydrogens (tertiary/aromatic N) is 2. The number of carbonyl (C=O) groups excluding carboxylic acids is 1. The molecule has 2 aromatic rings. The molecule has 0 aliphatic heterocycles. The number of carbonyl (C=O) groups is 2. The van der Waals surface area contributed by atoms with Gasteiger partial charge in [0.15, 0.2) is 5.69 Å². The number of carboxylic acid groups (broad SMARTS) is 1. The van der Waals surface area contributed by atoms with Crippen LogP contribution in [0, 0.1) is 0 Å². The second kappa shape index (κ2) is 5.45. The summed E-state index contributed by atoms with van der Waals surface area (Å²) in [5.74, 6) is -1.78. The van der Waals surface area contributed by atoms with E-state index in [0.29, 0.717) is 5.02 Å². The monoisotopic (exact) mass is 277 g/mol. The summed E-state index contributed by atoms with van der Waals surface area (Å²) in [7, 11) is 0. The Balaban J connectivity index is 2.27. The van der Waals surface area contributed by atoms with E-state index in [-0.39, 0.29) is 17.1 Å². The number of aromatic carboxylic acids is 1. The molecule has 0 radical (unpaired) electrons. The molecule has 96 valence electrons. The predicted molar refractivity (Wildman–Crippen MR) is 68.4 cm³/mol. The molecule has 6 nitrogen and oxygen atoms in total. The molecule has 0 aliphatic rings. The molecule has 0 spiro atoms. The number of pyridine rings is 2. The fraction of sp³-hybridized carbons (Fsp3) is 0. The Labute approximate surface area is 113 Å². The zero-order chi connectivity index (χ0) is 13.8. The fourth-order valence-corrected chi connectivity index (χ4v) is 1.55. The number of hydrogen-bond donors (Lipinski definition) is 2. The van der Waals surface area contributed by atoms with Crippen molar-refractivity contribution in [3.8, 4) is 0 Å². The third-order valence-corrected chi connectivity index (χ3v) is 2.45. The third-order valence-electron chi connectivity index (χ3n) is 2.21. The minimum absolute atomic E-state index is 0.0905. The van der Waals surface area contributed by atoms with Gasteiger partial charge in [-0.3, -0.25) is 9.78 Å². The van der Waals surface area contributed by atoms with Crippen LogP contribution in [0.15, 0.2) is 36.7 Å². The van der Waals surface area contributed by atoms with Crippen molar-refractivity contribution in [3.05, 3.63) is 53.1 Å². The van der Waals surface area contributed by atoms with Gasteiger partial charge in [0.1, 0.15) is 5.69 Å². The van der Waals surface area contributed by atoms with E-state index in [4.69, 9.17) is 16.7 Å². The molecule has 0 aromatic carbocycles. The number of nitrogens with one attached hydrogen (secondary N) is 1. The summed E-state index contributed by atoms with van der Waals surface area (Å²) in [4.78, 5) is 30.4. The highest BCUT2D eigenvalue weighted by atomic mass is 35.5. The number of aromatic nitrogens is 2. The summed E-state index contributed by atoms with van der Waals surface area (Å²) >= 11 is 5.75. The van der Waals surface area contributed by atoms with Crippen molar-refractivity contribution in [2.75, 3.05) is 5.32 Å². The van der Waals surface area contributed by atoms with E-state index in [2.05, 4.69) is 15.3 Å². The van der Waals surface area contributed by atoms with Crippen LogP contribution in [0.2, 0.25) is 5.02 Å². The number of carboxylic acids is 1. The number of halogens is 1. The van der Waals surface area contributed by atoms with Gasteiger partial charge in [-0.25, -0.2) is 9.78 Å². The van der Waals surface area contributed by atoms with Crippen LogP contribution in [-0.2, 0) is 0 Å². The average Bonchev–Trinajstić information content (AvgIpc) is 2.39. The molecule has 2 aromatic heterocycles. The lowest BCUT2D eigenvalue weighted by molar-refractivity contribution is 0.0692. The van der Waals surface area contributed by atoms with Crippen LogP contribution in [0.4, 0.5) is 5.69 Å². The number of anilines is 1. The summed E-state index contributed by atoms with van der Waals surface area (Å²) in [5.41, 5.74) is -0.0488. The zero-order valence-corrected chi connectivity index (χ0v) is 10.3. The highest BCUT2D eigenvalue weighted by molar-refractivity contribution is 6.31. The van der Waals surface area contributed by atoms with Crippen LogP contribution >= 0.6 is 11.6 Å². The molecule has 0 fully saturated rings. The normalized spacial score (nSPS) is 9.95. The number of rotatable bonds is 3. The number of amides is 1. The van der Waals surface area contributed by atoms with Gasteiger partial charge >= 0.3 is 5.97 Å². The van der Waals surface area contributed by atoms with Gasteiger partial charge in [0.05, 0.1) is 5.69 Å². The van der Waals surface area contributed by atoms with E-state index in [1.807, 2.05) is 0 Å². The van der Waals surface area contributed by atoms with Crippen LogP contribution in [0.1, 0.15) is 21.0 Å². The summed E-state index contributed by atoms with van der Waals surface area (Å²) in [6, 6.07) is 5.88. The second-order valence-electron chi connectivity index (χ2n) is 3.52. The van der Waals surface area contributed by atoms with Gasteiger partial charge < -0.3 is 10.4 Å². The van der Waals surface area contributed by atoms with E-state index < -0.39 is 11.9 Å². The molecule has 0 unspecified atom stereocenters. The highest BCUT2D eigenvalue weighted by Gasteiger charge is 2.15. The molecular weight excluding hydrogens is 270 g/mol. The van der Waals surface area contributed by atoms with Crippen molar-refractivity contribution in [2.24, 2.45) is 0 Å². The van der Waals surface area contributed by atoms with Crippen molar-refractivity contribution in [3.63, 3.8) is 0 Å². The van der Waals surface area contributed by atoms with Crippen LogP contribution in [0.5, 0.6) is 0 Å². The first-order valence-corrected chi connectivity index (χ1v) is 5.57. The molecule has 0 saturated carbocycles. The smallest absolute Gasteiger partial charge is 0.356 e. The Kier molecular flexibility index (Phi) is 3.72. The lowest BCUT2D eigenvalue weighted by Crippen LogP contribution is -2.16. The summed E-state index contributed by atoms with van der Waals surface area (Å²) in [6.07, 6.45) is 2.72. The maximum atomic E-state index is 11.9. The molecule has 7 heteroatoms. The van der Waals surface area contributed by atoms with Crippen molar-refractivity contribution in [1.29, 1.82) is 0 Å². The quantitative estimate of drug-likeness (QED) is 0.896. The highest BCUT2D eigenvalue weighted by Crippen LogP contribution is 2.14. The SMILES string of the molecule is O=C(Nc1cccnc1C(=O)O)c1cc(Cl)ccn1. The van der Waals surface area contributed by atoms with E-state index in [0.717, 1.165) is 0 Å². The van der Waals surface area contributed by atoms with Gasteiger partial charge in [-0.1, -0.05) is 11.6 Å². The molecular formula is C12H8ClN3O3. The molecule has 1 amide bonds. The van der Waals surface area contributed by atoms with Crippen molar-refractivity contribution >= 4 is 29.2 Å². The third kappa shape index (κ3) is 3.05. The van der Waals surface area contributed by atoms with Gasteiger partial charge in [-0.15, -0.1) is 0 Å². The molecule has 19 heavy (non-hydrogen) atoms. The first kappa shape index (κ1) is 13.0. The zero-order valence-electron chi connectivity index (χ0n) is 9.50. The van der Waals surface area contributed by atoms with Gasteiger partial charge in [0.25, 0.3) is 5.91 Å². The van der Waals surface area contributed by atoms with Crippen molar-refractivity contribution < 1.29 is 14.7 Å². The van der Waals surface area contributed by atoms with Gasteiger partial charge in [-0.2, -0.15) is 0 Å². The van der Waals surface area contributed by atoms with Crippen LogP contribution < -0.4 is 5.32 Å². The van der Waals surface area contributed by atoms with E-state index in [1.54, 1.807) is 0 Å².